The zero-order chi connectivity index (χ0) is 19.8. The average molecular weight is 394 g/mol. The molecular weight excluding hydrogens is 371 g/mol. The van der Waals surface area contributed by atoms with Crippen LogP contribution in [0.2, 0.25) is 0 Å². The van der Waals surface area contributed by atoms with Crippen LogP contribution in [0, 0.1) is 19.7 Å². The number of halogens is 1. The van der Waals surface area contributed by atoms with Gasteiger partial charge in [0.1, 0.15) is 10.7 Å². The molecule has 2 heterocycles. The van der Waals surface area contributed by atoms with Crippen molar-refractivity contribution >= 4 is 15.9 Å². The quantitative estimate of drug-likeness (QED) is 0.857. The number of carbonyl (C=O) groups is 1. The van der Waals surface area contributed by atoms with Gasteiger partial charge in [0.05, 0.1) is 11.6 Å². The monoisotopic (exact) mass is 394 g/mol. The van der Waals surface area contributed by atoms with E-state index in [0.29, 0.717) is 0 Å². The Labute approximate surface area is 158 Å². The van der Waals surface area contributed by atoms with Crippen molar-refractivity contribution in [1.82, 2.24) is 19.4 Å². The van der Waals surface area contributed by atoms with Crippen molar-refractivity contribution in [1.29, 1.82) is 0 Å². The van der Waals surface area contributed by atoms with Crippen molar-refractivity contribution in [3.05, 3.63) is 47.0 Å². The van der Waals surface area contributed by atoms with Crippen molar-refractivity contribution in [2.75, 3.05) is 26.2 Å². The van der Waals surface area contributed by atoms with Crippen LogP contribution in [0.5, 0.6) is 0 Å². The molecular formula is C18H23FN4O3S. The second-order valence-corrected chi connectivity index (χ2v) is 8.64. The standard InChI is InChI=1S/C18H23FN4O3S/c1-12(17-13(2)20-21-14(17)3)18(24)22-8-10-23(11-9-22)27(25,26)16-7-5-4-6-15(16)19/h4-7,12H,8-11H2,1-3H3,(H,20,21). The Morgan fingerprint density at radius 2 is 1.81 bits per heavy atom. The number of sulfonamides is 1. The van der Waals surface area contributed by atoms with Gasteiger partial charge in [-0.05, 0) is 32.9 Å². The van der Waals surface area contributed by atoms with Crippen LogP contribution in [0.1, 0.15) is 29.8 Å². The molecule has 2 aromatic rings. The minimum atomic E-state index is -3.91. The first kappa shape index (κ1) is 19.5. The molecule has 0 saturated carbocycles. The van der Waals surface area contributed by atoms with E-state index in [-0.39, 0.29) is 42.9 Å². The van der Waals surface area contributed by atoms with Gasteiger partial charge in [0.15, 0.2) is 0 Å². The van der Waals surface area contributed by atoms with Gasteiger partial charge in [-0.3, -0.25) is 9.89 Å². The zero-order valence-electron chi connectivity index (χ0n) is 15.6. The van der Waals surface area contributed by atoms with Crippen molar-refractivity contribution in [3.8, 4) is 0 Å². The molecule has 1 aromatic heterocycles. The highest BCUT2D eigenvalue weighted by atomic mass is 32.2. The summed E-state index contributed by atoms with van der Waals surface area (Å²) in [7, 11) is -3.91. The number of H-pyrrole nitrogens is 1. The molecule has 0 bridgehead atoms. The molecule has 1 saturated heterocycles. The summed E-state index contributed by atoms with van der Waals surface area (Å²) < 4.78 is 40.5. The number of hydrogen-bond acceptors (Lipinski definition) is 4. The molecule has 3 rings (SSSR count). The van der Waals surface area contributed by atoms with E-state index in [2.05, 4.69) is 10.2 Å². The van der Waals surface area contributed by atoms with Gasteiger partial charge in [-0.15, -0.1) is 0 Å². The van der Waals surface area contributed by atoms with Crippen LogP contribution in [0.15, 0.2) is 29.2 Å². The minimum Gasteiger partial charge on any atom is -0.340 e. The molecule has 0 radical (unpaired) electrons. The Hall–Kier alpha value is -2.26. The third-order valence-corrected chi connectivity index (χ3v) is 6.93. The van der Waals surface area contributed by atoms with E-state index in [1.807, 2.05) is 20.8 Å². The SMILES string of the molecule is Cc1n[nH]c(C)c1C(C)C(=O)N1CCN(S(=O)(=O)c2ccccc2F)CC1. The summed E-state index contributed by atoms with van der Waals surface area (Å²) >= 11 is 0. The number of amides is 1. The molecule has 1 unspecified atom stereocenters. The number of piperazine rings is 1. The first-order valence-corrected chi connectivity index (χ1v) is 10.2. The van der Waals surface area contributed by atoms with Crippen LogP contribution >= 0.6 is 0 Å². The molecule has 1 fully saturated rings. The molecule has 9 heteroatoms. The zero-order valence-corrected chi connectivity index (χ0v) is 16.4. The molecule has 146 valence electrons. The number of rotatable bonds is 4. The van der Waals surface area contributed by atoms with E-state index in [1.165, 1.54) is 22.5 Å². The van der Waals surface area contributed by atoms with Crippen molar-refractivity contribution in [3.63, 3.8) is 0 Å². The number of aromatic amines is 1. The van der Waals surface area contributed by atoms with Crippen LogP contribution in [-0.4, -0.2) is 59.9 Å². The predicted molar refractivity (Wildman–Crippen MR) is 98.2 cm³/mol. The highest BCUT2D eigenvalue weighted by Gasteiger charge is 2.33. The fourth-order valence-electron chi connectivity index (χ4n) is 3.54. The highest BCUT2D eigenvalue weighted by molar-refractivity contribution is 7.89. The van der Waals surface area contributed by atoms with Gasteiger partial charge in [-0.2, -0.15) is 9.40 Å². The van der Waals surface area contributed by atoms with E-state index >= 15 is 0 Å². The van der Waals surface area contributed by atoms with Crippen molar-refractivity contribution < 1.29 is 17.6 Å². The molecule has 1 atom stereocenters. The highest BCUT2D eigenvalue weighted by Crippen LogP contribution is 2.25. The molecule has 1 amide bonds. The van der Waals surface area contributed by atoms with Gasteiger partial charge in [0.2, 0.25) is 15.9 Å². The number of benzene rings is 1. The minimum absolute atomic E-state index is 0.0643. The summed E-state index contributed by atoms with van der Waals surface area (Å²) in [5, 5.41) is 7.01. The van der Waals surface area contributed by atoms with Gasteiger partial charge in [-0.25, -0.2) is 12.8 Å². The van der Waals surface area contributed by atoms with E-state index in [9.17, 15) is 17.6 Å². The Balaban J connectivity index is 1.70. The van der Waals surface area contributed by atoms with Crippen molar-refractivity contribution in [2.24, 2.45) is 0 Å². The third kappa shape index (κ3) is 3.61. The summed E-state index contributed by atoms with van der Waals surface area (Å²) in [4.78, 5) is 14.2. The number of aryl methyl sites for hydroxylation is 2. The average Bonchev–Trinajstić information content (AvgIpc) is 2.99. The van der Waals surface area contributed by atoms with Crippen molar-refractivity contribution in [2.45, 2.75) is 31.6 Å². The molecule has 7 nitrogen and oxygen atoms in total. The summed E-state index contributed by atoms with van der Waals surface area (Å²) in [5.41, 5.74) is 2.52. The Kier molecular flexibility index (Phi) is 5.34. The van der Waals surface area contributed by atoms with E-state index in [4.69, 9.17) is 0 Å². The summed E-state index contributed by atoms with van der Waals surface area (Å²) in [6, 6.07) is 5.33. The van der Waals surface area contributed by atoms with Gasteiger partial charge >= 0.3 is 0 Å². The second kappa shape index (κ2) is 7.40. The number of nitrogens with one attached hydrogen (secondary N) is 1. The number of carbonyl (C=O) groups excluding carboxylic acids is 1. The van der Waals surface area contributed by atoms with E-state index < -0.39 is 15.8 Å². The van der Waals surface area contributed by atoms with Crippen LogP contribution in [0.25, 0.3) is 0 Å². The fraction of sp³-hybridized carbons (Fsp3) is 0.444. The smallest absolute Gasteiger partial charge is 0.246 e. The van der Waals surface area contributed by atoms with Gasteiger partial charge < -0.3 is 4.90 Å². The summed E-state index contributed by atoms with van der Waals surface area (Å²) in [5.74, 6) is -1.19. The lowest BCUT2D eigenvalue weighted by Gasteiger charge is -2.35. The third-order valence-electron chi connectivity index (χ3n) is 4.99. The number of nitrogens with zero attached hydrogens (tertiary/aromatic N) is 3. The predicted octanol–water partition coefficient (Wildman–Crippen LogP) is 1.80. The van der Waals surface area contributed by atoms with Gasteiger partial charge in [0, 0.05) is 37.4 Å². The van der Waals surface area contributed by atoms with E-state index in [1.54, 1.807) is 4.90 Å². The van der Waals surface area contributed by atoms with Crippen LogP contribution in [0.4, 0.5) is 4.39 Å². The lowest BCUT2D eigenvalue weighted by molar-refractivity contribution is -0.133. The Bertz CT molecular complexity index is 930. The fourth-order valence-corrected chi connectivity index (χ4v) is 5.02. The normalized spacial score (nSPS) is 17.1. The second-order valence-electron chi connectivity index (χ2n) is 6.73. The first-order chi connectivity index (χ1) is 12.7. The molecule has 27 heavy (non-hydrogen) atoms. The maximum absolute atomic E-state index is 13.9. The van der Waals surface area contributed by atoms with Crippen LogP contribution in [0.3, 0.4) is 0 Å². The maximum Gasteiger partial charge on any atom is 0.246 e. The number of hydrogen-bond donors (Lipinski definition) is 1. The molecule has 1 N–H and O–H groups in total. The lowest BCUT2D eigenvalue weighted by Crippen LogP contribution is -2.51. The molecule has 1 aliphatic rings. The molecule has 1 aliphatic heterocycles. The Morgan fingerprint density at radius 3 is 2.37 bits per heavy atom. The van der Waals surface area contributed by atoms with Crippen LogP contribution in [-0.2, 0) is 14.8 Å². The van der Waals surface area contributed by atoms with Crippen LogP contribution < -0.4 is 0 Å². The first-order valence-electron chi connectivity index (χ1n) is 8.78. The topological polar surface area (TPSA) is 86.4 Å². The largest absolute Gasteiger partial charge is 0.340 e. The maximum atomic E-state index is 13.9. The van der Waals surface area contributed by atoms with Gasteiger partial charge in [-0.1, -0.05) is 12.1 Å². The summed E-state index contributed by atoms with van der Waals surface area (Å²) in [6.07, 6.45) is 0. The molecule has 0 spiro atoms. The van der Waals surface area contributed by atoms with Gasteiger partial charge in [0.25, 0.3) is 0 Å². The molecule has 0 aliphatic carbocycles. The van der Waals surface area contributed by atoms with E-state index in [0.717, 1.165) is 23.0 Å². The summed E-state index contributed by atoms with van der Waals surface area (Å²) in [6.45, 7) is 6.37. The Morgan fingerprint density at radius 1 is 1.19 bits per heavy atom. The molecule has 1 aromatic carbocycles. The number of aromatic nitrogens is 2. The lowest BCUT2D eigenvalue weighted by atomic mass is 9.97.